The Morgan fingerprint density at radius 1 is 1.33 bits per heavy atom. The topological polar surface area (TPSA) is 25.2 Å². The van der Waals surface area contributed by atoms with Crippen LogP contribution in [0.4, 0.5) is 0 Å². The van der Waals surface area contributed by atoms with Gasteiger partial charge in [-0.1, -0.05) is 23.7 Å². The maximum atomic E-state index is 5.97. The van der Waals surface area contributed by atoms with Crippen LogP contribution in [0.3, 0.4) is 0 Å². The third kappa shape index (κ3) is 4.30. The van der Waals surface area contributed by atoms with Gasteiger partial charge in [0.25, 0.3) is 0 Å². The van der Waals surface area contributed by atoms with E-state index in [2.05, 4.69) is 40.9 Å². The maximum absolute atomic E-state index is 5.97. The molecule has 0 radical (unpaired) electrons. The lowest BCUT2D eigenvalue weighted by Gasteiger charge is -2.13. The van der Waals surface area contributed by atoms with Gasteiger partial charge in [0.1, 0.15) is 5.76 Å². The summed E-state index contributed by atoms with van der Waals surface area (Å²) in [6.45, 7) is 2.92. The molecule has 2 nitrogen and oxygen atoms in total. The van der Waals surface area contributed by atoms with Crippen LogP contribution < -0.4 is 5.32 Å². The molecule has 1 heterocycles. The Bertz CT molecular complexity index is 512. The van der Waals surface area contributed by atoms with Crippen LogP contribution in [-0.2, 0) is 13.0 Å². The molecule has 1 aromatic carbocycles. The summed E-state index contributed by atoms with van der Waals surface area (Å²) in [7, 11) is 0. The van der Waals surface area contributed by atoms with Gasteiger partial charge in [-0.25, -0.2) is 0 Å². The Balaban J connectivity index is 1.83. The number of benzene rings is 1. The van der Waals surface area contributed by atoms with E-state index >= 15 is 0 Å². The first kappa shape index (κ1) is 13.9. The number of halogens is 2. The van der Waals surface area contributed by atoms with E-state index in [0.29, 0.717) is 6.04 Å². The van der Waals surface area contributed by atoms with Crippen molar-refractivity contribution in [3.05, 3.63) is 56.5 Å². The van der Waals surface area contributed by atoms with E-state index in [0.717, 1.165) is 27.5 Å². The highest BCUT2D eigenvalue weighted by molar-refractivity contribution is 14.1. The molecule has 0 spiro atoms. The van der Waals surface area contributed by atoms with Crippen LogP contribution in [0.5, 0.6) is 0 Å². The second kappa shape index (κ2) is 6.59. The first-order chi connectivity index (χ1) is 8.63. The highest BCUT2D eigenvalue weighted by Gasteiger charge is 2.05. The number of hydrogen-bond acceptors (Lipinski definition) is 2. The fourth-order valence-corrected chi connectivity index (χ4v) is 2.49. The standard InChI is InChI=1S/C14H15ClINO/c1-10(7-11-3-2-4-12(15)8-11)17-9-13-5-6-14(16)18-13/h2-6,8,10,17H,7,9H2,1H3. The van der Waals surface area contributed by atoms with Crippen LogP contribution in [0.2, 0.25) is 5.02 Å². The summed E-state index contributed by atoms with van der Waals surface area (Å²) in [5, 5.41) is 4.23. The molecule has 0 aliphatic rings. The van der Waals surface area contributed by atoms with Gasteiger partial charge < -0.3 is 9.73 Å². The molecule has 0 aliphatic heterocycles. The number of furan rings is 1. The first-order valence-corrected chi connectivity index (χ1v) is 7.31. The quantitative estimate of drug-likeness (QED) is 0.790. The molecular weight excluding hydrogens is 361 g/mol. The van der Waals surface area contributed by atoms with Crippen LogP contribution >= 0.6 is 34.2 Å². The van der Waals surface area contributed by atoms with E-state index in [4.69, 9.17) is 16.0 Å². The second-order valence-electron chi connectivity index (χ2n) is 4.32. The van der Waals surface area contributed by atoms with Crippen molar-refractivity contribution in [2.75, 3.05) is 0 Å². The molecular formula is C14H15ClINO. The molecule has 4 heteroatoms. The highest BCUT2D eigenvalue weighted by atomic mass is 127. The Morgan fingerprint density at radius 2 is 2.17 bits per heavy atom. The van der Waals surface area contributed by atoms with Crippen molar-refractivity contribution in [3.8, 4) is 0 Å². The predicted octanol–water partition coefficient (Wildman–Crippen LogP) is 4.26. The average Bonchev–Trinajstić information content (AvgIpc) is 2.73. The van der Waals surface area contributed by atoms with Crippen LogP contribution in [0.15, 0.2) is 40.8 Å². The molecule has 1 aromatic heterocycles. The van der Waals surface area contributed by atoms with E-state index in [1.165, 1.54) is 5.56 Å². The molecule has 0 amide bonds. The van der Waals surface area contributed by atoms with Crippen LogP contribution in [0.1, 0.15) is 18.2 Å². The maximum Gasteiger partial charge on any atom is 0.164 e. The molecule has 2 rings (SSSR count). The fourth-order valence-electron chi connectivity index (χ4n) is 1.81. The summed E-state index contributed by atoms with van der Waals surface area (Å²) in [6, 6.07) is 12.3. The van der Waals surface area contributed by atoms with E-state index in [-0.39, 0.29) is 0 Å². The van der Waals surface area contributed by atoms with Gasteiger partial charge in [-0.2, -0.15) is 0 Å². The smallest absolute Gasteiger partial charge is 0.164 e. The average molecular weight is 376 g/mol. The van der Waals surface area contributed by atoms with Gasteiger partial charge >= 0.3 is 0 Å². The van der Waals surface area contributed by atoms with Gasteiger partial charge in [0, 0.05) is 11.1 Å². The second-order valence-corrected chi connectivity index (χ2v) is 5.82. The molecule has 0 saturated carbocycles. The number of rotatable bonds is 5. The molecule has 1 atom stereocenters. The van der Waals surface area contributed by atoms with Crippen LogP contribution in [0.25, 0.3) is 0 Å². The minimum Gasteiger partial charge on any atom is -0.454 e. The zero-order valence-corrected chi connectivity index (χ0v) is 13.0. The van der Waals surface area contributed by atoms with Crippen molar-refractivity contribution in [2.24, 2.45) is 0 Å². The molecule has 2 aromatic rings. The summed E-state index contributed by atoms with van der Waals surface area (Å²) in [4.78, 5) is 0. The van der Waals surface area contributed by atoms with Gasteiger partial charge in [-0.05, 0) is 65.8 Å². The zero-order chi connectivity index (χ0) is 13.0. The predicted molar refractivity (Wildman–Crippen MR) is 82.9 cm³/mol. The zero-order valence-electron chi connectivity index (χ0n) is 10.1. The lowest BCUT2D eigenvalue weighted by Crippen LogP contribution is -2.27. The summed E-state index contributed by atoms with van der Waals surface area (Å²) in [5.74, 6) is 0.970. The third-order valence-corrected chi connectivity index (χ3v) is 3.50. The molecule has 0 fully saturated rings. The van der Waals surface area contributed by atoms with Gasteiger partial charge in [0.15, 0.2) is 3.77 Å². The molecule has 1 unspecified atom stereocenters. The first-order valence-electron chi connectivity index (χ1n) is 5.85. The monoisotopic (exact) mass is 375 g/mol. The Labute approximate surface area is 126 Å². The van der Waals surface area contributed by atoms with Crippen molar-refractivity contribution in [1.82, 2.24) is 5.32 Å². The Hall–Kier alpha value is -0.520. The van der Waals surface area contributed by atoms with Crippen LogP contribution in [-0.4, -0.2) is 6.04 Å². The minimum atomic E-state index is 0.381. The number of hydrogen-bond donors (Lipinski definition) is 1. The van der Waals surface area contributed by atoms with Crippen molar-refractivity contribution >= 4 is 34.2 Å². The molecule has 0 aliphatic carbocycles. The number of nitrogens with one attached hydrogen (secondary N) is 1. The summed E-state index contributed by atoms with van der Waals surface area (Å²) in [6.07, 6.45) is 0.957. The SMILES string of the molecule is CC(Cc1cccc(Cl)c1)NCc1ccc(I)o1. The van der Waals surface area contributed by atoms with Crippen molar-refractivity contribution in [2.45, 2.75) is 25.9 Å². The molecule has 1 N–H and O–H groups in total. The lowest BCUT2D eigenvalue weighted by molar-refractivity contribution is 0.440. The van der Waals surface area contributed by atoms with Crippen molar-refractivity contribution < 1.29 is 4.42 Å². The summed E-state index contributed by atoms with van der Waals surface area (Å²) >= 11 is 8.14. The lowest BCUT2D eigenvalue weighted by atomic mass is 10.1. The molecule has 0 saturated heterocycles. The van der Waals surface area contributed by atoms with E-state index in [1.54, 1.807) is 0 Å². The van der Waals surface area contributed by atoms with Crippen molar-refractivity contribution in [1.29, 1.82) is 0 Å². The Morgan fingerprint density at radius 3 is 2.83 bits per heavy atom. The largest absolute Gasteiger partial charge is 0.454 e. The highest BCUT2D eigenvalue weighted by Crippen LogP contribution is 2.13. The van der Waals surface area contributed by atoms with E-state index in [9.17, 15) is 0 Å². The molecule has 0 bridgehead atoms. The fraction of sp³-hybridized carbons (Fsp3) is 0.286. The van der Waals surface area contributed by atoms with Crippen LogP contribution in [0, 0.1) is 3.77 Å². The van der Waals surface area contributed by atoms with Gasteiger partial charge in [0.05, 0.1) is 6.54 Å². The normalized spacial score (nSPS) is 12.6. The van der Waals surface area contributed by atoms with Gasteiger partial charge in [0.2, 0.25) is 0 Å². The van der Waals surface area contributed by atoms with Gasteiger partial charge in [-0.15, -0.1) is 0 Å². The molecule has 96 valence electrons. The van der Waals surface area contributed by atoms with E-state index in [1.807, 2.05) is 30.3 Å². The summed E-state index contributed by atoms with van der Waals surface area (Å²) in [5.41, 5.74) is 1.25. The third-order valence-electron chi connectivity index (χ3n) is 2.68. The minimum absolute atomic E-state index is 0.381. The summed E-state index contributed by atoms with van der Waals surface area (Å²) < 4.78 is 6.43. The molecule has 18 heavy (non-hydrogen) atoms. The van der Waals surface area contributed by atoms with Crippen molar-refractivity contribution in [3.63, 3.8) is 0 Å². The van der Waals surface area contributed by atoms with E-state index < -0.39 is 0 Å². The Kier molecular flexibility index (Phi) is 5.09. The van der Waals surface area contributed by atoms with Gasteiger partial charge in [-0.3, -0.25) is 0 Å².